The number of amides is 2. The van der Waals surface area contributed by atoms with E-state index < -0.39 is 5.54 Å². The Bertz CT molecular complexity index is 1180. The Morgan fingerprint density at radius 3 is 2.55 bits per heavy atom. The van der Waals surface area contributed by atoms with Crippen LogP contribution in [0.3, 0.4) is 0 Å². The molecule has 4 rings (SSSR count). The third kappa shape index (κ3) is 4.42. The number of rotatable bonds is 7. The Labute approximate surface area is 194 Å². The molecular weight excluding hydrogens is 416 g/mol. The van der Waals surface area contributed by atoms with Crippen LogP contribution in [-0.4, -0.2) is 36.5 Å². The van der Waals surface area contributed by atoms with Gasteiger partial charge in [0.15, 0.2) is 0 Å². The molecule has 2 amide bonds. The lowest BCUT2D eigenvalue weighted by molar-refractivity contribution is -0.132. The van der Waals surface area contributed by atoms with Crippen LogP contribution < -0.4 is 14.8 Å². The van der Waals surface area contributed by atoms with E-state index in [0.717, 1.165) is 16.7 Å². The molecule has 33 heavy (non-hydrogen) atoms. The summed E-state index contributed by atoms with van der Waals surface area (Å²) in [6.07, 6.45) is 0.427. The standard InChI is InChI=1S/C27H28N2O4/c1-27(26(31)28-17-21-11-5-7-14-24(21)33-3)16-20-10-4-6-13-23(20)25(30)29(27)18-19-9-8-12-22(15-19)32-2/h4-15H,16-18H2,1-3H3,(H,28,31). The molecule has 1 aliphatic rings. The molecule has 170 valence electrons. The lowest BCUT2D eigenvalue weighted by Gasteiger charge is -2.44. The summed E-state index contributed by atoms with van der Waals surface area (Å²) in [4.78, 5) is 28.8. The van der Waals surface area contributed by atoms with E-state index in [1.807, 2.05) is 79.7 Å². The number of hydrogen-bond donors (Lipinski definition) is 1. The maximum absolute atomic E-state index is 13.6. The van der Waals surface area contributed by atoms with Gasteiger partial charge in [-0.25, -0.2) is 0 Å². The maximum atomic E-state index is 13.6. The Kier molecular flexibility index (Phi) is 6.36. The minimum atomic E-state index is -1.06. The van der Waals surface area contributed by atoms with Crippen molar-refractivity contribution in [2.24, 2.45) is 0 Å². The van der Waals surface area contributed by atoms with Gasteiger partial charge in [0.2, 0.25) is 5.91 Å². The van der Waals surface area contributed by atoms with Crippen molar-refractivity contribution in [3.05, 3.63) is 95.1 Å². The van der Waals surface area contributed by atoms with Crippen LogP contribution in [0.1, 0.15) is 34.0 Å². The molecular formula is C27H28N2O4. The van der Waals surface area contributed by atoms with Crippen molar-refractivity contribution < 1.29 is 19.1 Å². The number of carbonyl (C=O) groups is 2. The number of nitrogens with one attached hydrogen (secondary N) is 1. The van der Waals surface area contributed by atoms with Crippen molar-refractivity contribution in [1.82, 2.24) is 10.2 Å². The van der Waals surface area contributed by atoms with Crippen LogP contribution in [-0.2, 0) is 24.3 Å². The molecule has 0 bridgehead atoms. The highest BCUT2D eigenvalue weighted by atomic mass is 16.5. The van der Waals surface area contributed by atoms with Crippen LogP contribution in [0.2, 0.25) is 0 Å². The maximum Gasteiger partial charge on any atom is 0.255 e. The van der Waals surface area contributed by atoms with Gasteiger partial charge in [0.25, 0.3) is 5.91 Å². The van der Waals surface area contributed by atoms with Gasteiger partial charge in [0.1, 0.15) is 17.0 Å². The Balaban J connectivity index is 1.65. The predicted molar refractivity (Wildman–Crippen MR) is 126 cm³/mol. The van der Waals surface area contributed by atoms with E-state index in [1.54, 1.807) is 19.1 Å². The first-order valence-electron chi connectivity index (χ1n) is 10.9. The summed E-state index contributed by atoms with van der Waals surface area (Å²) >= 11 is 0. The predicted octanol–water partition coefficient (Wildman–Crippen LogP) is 3.98. The van der Waals surface area contributed by atoms with E-state index in [1.165, 1.54) is 0 Å². The minimum absolute atomic E-state index is 0.158. The number of carbonyl (C=O) groups excluding carboxylic acids is 2. The van der Waals surface area contributed by atoms with Crippen LogP contribution in [0.25, 0.3) is 0 Å². The number of fused-ring (bicyclic) bond motifs is 1. The number of benzene rings is 3. The van der Waals surface area contributed by atoms with Crippen LogP contribution in [0.4, 0.5) is 0 Å². The fourth-order valence-corrected chi connectivity index (χ4v) is 4.34. The van der Waals surface area contributed by atoms with Crippen molar-refractivity contribution in [1.29, 1.82) is 0 Å². The van der Waals surface area contributed by atoms with Crippen molar-refractivity contribution in [3.8, 4) is 11.5 Å². The summed E-state index contributed by atoms with van der Waals surface area (Å²) in [6, 6.07) is 22.6. The largest absolute Gasteiger partial charge is 0.497 e. The van der Waals surface area contributed by atoms with Gasteiger partial charge in [-0.1, -0.05) is 48.5 Å². The molecule has 1 unspecified atom stereocenters. The summed E-state index contributed by atoms with van der Waals surface area (Å²) in [5, 5.41) is 3.04. The van der Waals surface area contributed by atoms with Gasteiger partial charge in [-0.05, 0) is 42.3 Å². The number of para-hydroxylation sites is 1. The van der Waals surface area contributed by atoms with Gasteiger partial charge in [0, 0.05) is 30.6 Å². The molecule has 1 heterocycles. The van der Waals surface area contributed by atoms with Gasteiger partial charge < -0.3 is 19.7 Å². The molecule has 0 aliphatic carbocycles. The molecule has 1 atom stereocenters. The minimum Gasteiger partial charge on any atom is -0.497 e. The monoisotopic (exact) mass is 444 g/mol. The molecule has 3 aromatic carbocycles. The molecule has 0 radical (unpaired) electrons. The molecule has 6 nitrogen and oxygen atoms in total. The van der Waals surface area contributed by atoms with Crippen LogP contribution in [0, 0.1) is 0 Å². The fourth-order valence-electron chi connectivity index (χ4n) is 4.34. The molecule has 3 aromatic rings. The zero-order valence-corrected chi connectivity index (χ0v) is 19.1. The molecule has 0 fully saturated rings. The smallest absolute Gasteiger partial charge is 0.255 e. The Morgan fingerprint density at radius 2 is 1.76 bits per heavy atom. The summed E-state index contributed by atoms with van der Waals surface area (Å²) in [7, 11) is 3.21. The third-order valence-corrected chi connectivity index (χ3v) is 6.22. The normalized spacial score (nSPS) is 17.3. The molecule has 0 saturated heterocycles. The van der Waals surface area contributed by atoms with Crippen LogP contribution >= 0.6 is 0 Å². The Morgan fingerprint density at radius 1 is 1.00 bits per heavy atom. The van der Waals surface area contributed by atoms with Crippen LogP contribution in [0.5, 0.6) is 11.5 Å². The first kappa shape index (κ1) is 22.4. The summed E-state index contributed by atoms with van der Waals surface area (Å²) < 4.78 is 10.7. The average molecular weight is 445 g/mol. The van der Waals surface area contributed by atoms with Gasteiger partial charge >= 0.3 is 0 Å². The topological polar surface area (TPSA) is 67.9 Å². The van der Waals surface area contributed by atoms with E-state index in [2.05, 4.69) is 5.32 Å². The molecule has 0 spiro atoms. The lowest BCUT2D eigenvalue weighted by Crippen LogP contribution is -2.62. The van der Waals surface area contributed by atoms with E-state index in [0.29, 0.717) is 36.6 Å². The first-order valence-corrected chi connectivity index (χ1v) is 10.9. The molecule has 6 heteroatoms. The van der Waals surface area contributed by atoms with Gasteiger partial charge in [-0.15, -0.1) is 0 Å². The lowest BCUT2D eigenvalue weighted by atomic mass is 9.82. The number of hydrogen-bond acceptors (Lipinski definition) is 4. The Hall–Kier alpha value is -3.80. The number of ether oxygens (including phenoxy) is 2. The van der Waals surface area contributed by atoms with E-state index >= 15 is 0 Å². The van der Waals surface area contributed by atoms with Gasteiger partial charge in [-0.2, -0.15) is 0 Å². The summed E-state index contributed by atoms with van der Waals surface area (Å²) in [5.41, 5.74) is 2.22. The van der Waals surface area contributed by atoms with Crippen molar-refractivity contribution in [3.63, 3.8) is 0 Å². The summed E-state index contributed by atoms with van der Waals surface area (Å²) in [6.45, 7) is 2.43. The van der Waals surface area contributed by atoms with Gasteiger partial charge in [0.05, 0.1) is 14.2 Å². The SMILES string of the molecule is COc1cccc(CN2C(=O)c3ccccc3CC2(C)C(=O)NCc2ccccc2OC)c1. The van der Waals surface area contributed by atoms with Crippen molar-refractivity contribution >= 4 is 11.8 Å². The quantitative estimate of drug-likeness (QED) is 0.599. The molecule has 1 aliphatic heterocycles. The molecule has 0 aromatic heterocycles. The fraction of sp³-hybridized carbons (Fsp3) is 0.259. The molecule has 0 saturated carbocycles. The molecule has 1 N–H and O–H groups in total. The second-order valence-electron chi connectivity index (χ2n) is 8.35. The summed E-state index contributed by atoms with van der Waals surface area (Å²) in [5.74, 6) is 1.05. The number of methoxy groups -OCH3 is 2. The van der Waals surface area contributed by atoms with E-state index in [-0.39, 0.29) is 11.8 Å². The third-order valence-electron chi connectivity index (χ3n) is 6.22. The average Bonchev–Trinajstić information content (AvgIpc) is 2.85. The number of nitrogens with zero attached hydrogens (tertiary/aromatic N) is 1. The highest BCUT2D eigenvalue weighted by Crippen LogP contribution is 2.33. The zero-order chi connectivity index (χ0) is 23.4. The zero-order valence-electron chi connectivity index (χ0n) is 19.1. The second kappa shape index (κ2) is 9.36. The first-order chi connectivity index (χ1) is 16.0. The highest BCUT2D eigenvalue weighted by molar-refractivity contribution is 6.02. The van der Waals surface area contributed by atoms with Crippen molar-refractivity contribution in [2.45, 2.75) is 32.0 Å². The van der Waals surface area contributed by atoms with E-state index in [4.69, 9.17) is 9.47 Å². The van der Waals surface area contributed by atoms with Crippen LogP contribution in [0.15, 0.2) is 72.8 Å². The van der Waals surface area contributed by atoms with Crippen molar-refractivity contribution in [2.75, 3.05) is 14.2 Å². The highest BCUT2D eigenvalue weighted by Gasteiger charge is 2.46. The second-order valence-corrected chi connectivity index (χ2v) is 8.35. The van der Waals surface area contributed by atoms with Gasteiger partial charge in [-0.3, -0.25) is 9.59 Å². The van der Waals surface area contributed by atoms with E-state index in [9.17, 15) is 9.59 Å².